The van der Waals surface area contributed by atoms with Crippen LogP contribution in [-0.4, -0.2) is 10.9 Å². The fraction of sp³-hybridized carbons (Fsp3) is 0.0526. The number of nitrogens with one attached hydrogen (secondary N) is 2. The van der Waals surface area contributed by atoms with Crippen molar-refractivity contribution in [1.29, 1.82) is 0 Å². The van der Waals surface area contributed by atoms with Gasteiger partial charge in [-0.2, -0.15) is 0 Å². The second kappa shape index (κ2) is 7.72. The Kier molecular flexibility index (Phi) is 5.39. The number of nitrogens with zero attached hydrogens (tertiary/aromatic N) is 1. The first-order valence-corrected chi connectivity index (χ1v) is 8.64. The fourth-order valence-electron chi connectivity index (χ4n) is 2.52. The van der Waals surface area contributed by atoms with Gasteiger partial charge in [-0.05, 0) is 36.4 Å². The van der Waals surface area contributed by atoms with Crippen molar-refractivity contribution in [1.82, 2.24) is 4.98 Å². The van der Waals surface area contributed by atoms with Crippen LogP contribution in [0.3, 0.4) is 0 Å². The van der Waals surface area contributed by atoms with E-state index in [1.165, 1.54) is 18.3 Å². The second-order valence-corrected chi connectivity index (χ2v) is 6.43. The Morgan fingerprint density at radius 1 is 1.08 bits per heavy atom. The number of amides is 1. The van der Waals surface area contributed by atoms with Crippen LogP contribution >= 0.6 is 28.3 Å². The smallest absolute Gasteiger partial charge is 0.221 e. The normalized spacial score (nSPS) is 10.3. The van der Waals surface area contributed by atoms with Gasteiger partial charge in [0.25, 0.3) is 0 Å². The van der Waals surface area contributed by atoms with Gasteiger partial charge in [0, 0.05) is 29.1 Å². The first-order valence-electron chi connectivity index (χ1n) is 7.76. The van der Waals surface area contributed by atoms with Crippen LogP contribution in [0.4, 0.5) is 16.5 Å². The molecule has 0 atom stereocenters. The van der Waals surface area contributed by atoms with Crippen molar-refractivity contribution in [3.8, 4) is 11.5 Å². The highest BCUT2D eigenvalue weighted by Gasteiger charge is 2.10. The van der Waals surface area contributed by atoms with E-state index in [2.05, 4.69) is 15.6 Å². The van der Waals surface area contributed by atoms with Crippen molar-refractivity contribution in [2.45, 2.75) is 6.92 Å². The Morgan fingerprint density at radius 3 is 2.54 bits per heavy atom. The van der Waals surface area contributed by atoms with Gasteiger partial charge in [-0.25, -0.2) is 4.98 Å². The predicted molar refractivity (Wildman–Crippen MR) is 112 cm³/mol. The van der Waals surface area contributed by atoms with Crippen LogP contribution in [0.5, 0.6) is 0 Å². The number of rotatable bonds is 4. The van der Waals surface area contributed by atoms with Gasteiger partial charge < -0.3 is 15.1 Å². The summed E-state index contributed by atoms with van der Waals surface area (Å²) in [6, 6.07) is 17.4. The van der Waals surface area contributed by atoms with Crippen LogP contribution in [-0.2, 0) is 4.79 Å². The van der Waals surface area contributed by atoms with Crippen molar-refractivity contribution in [2.75, 3.05) is 10.6 Å². The maximum atomic E-state index is 11.0. The maximum absolute atomic E-state index is 11.0. The molecule has 0 bridgehead atoms. The summed E-state index contributed by atoms with van der Waals surface area (Å²) < 4.78 is 5.85. The van der Waals surface area contributed by atoms with E-state index in [0.29, 0.717) is 0 Å². The average molecular weight is 430 g/mol. The number of thiazole rings is 1. The Morgan fingerprint density at radius 2 is 1.81 bits per heavy atom. The molecule has 4 aromatic rings. The van der Waals surface area contributed by atoms with Crippen molar-refractivity contribution >= 4 is 61.7 Å². The summed E-state index contributed by atoms with van der Waals surface area (Å²) in [6.45, 7) is 1.49. The molecule has 5 nitrogen and oxygen atoms in total. The van der Waals surface area contributed by atoms with Gasteiger partial charge >= 0.3 is 0 Å². The zero-order valence-electron chi connectivity index (χ0n) is 13.9. The maximum Gasteiger partial charge on any atom is 0.221 e. The number of para-hydroxylation sites is 1. The number of hydrogen-bond donors (Lipinski definition) is 2. The molecule has 1 amide bonds. The summed E-state index contributed by atoms with van der Waals surface area (Å²) in [5.41, 5.74) is 3.33. The number of carbonyl (C=O) groups excluding carboxylic acids is 1. The van der Waals surface area contributed by atoms with Gasteiger partial charge in [0.2, 0.25) is 5.91 Å². The van der Waals surface area contributed by atoms with E-state index in [1.54, 1.807) is 0 Å². The summed E-state index contributed by atoms with van der Waals surface area (Å²) in [5.74, 6) is 0.669. The van der Waals surface area contributed by atoms with Gasteiger partial charge in [-0.15, -0.1) is 28.3 Å². The number of aromatic nitrogens is 1. The molecule has 4 rings (SSSR count). The van der Waals surface area contributed by atoms with E-state index in [0.717, 1.165) is 38.9 Å². The lowest BCUT2D eigenvalue weighted by Gasteiger charge is -2.05. The van der Waals surface area contributed by atoms with Crippen molar-refractivity contribution in [3.63, 3.8) is 0 Å². The van der Waals surface area contributed by atoms with Crippen LogP contribution in [0, 0.1) is 0 Å². The summed E-state index contributed by atoms with van der Waals surface area (Å²) in [5, 5.41) is 9.81. The molecular formula is C19H16BrN3O2S. The monoisotopic (exact) mass is 429 g/mol. The van der Waals surface area contributed by atoms with Gasteiger partial charge in [-0.3, -0.25) is 4.79 Å². The van der Waals surface area contributed by atoms with Crippen molar-refractivity contribution in [2.24, 2.45) is 0 Å². The number of hydrogen-bond acceptors (Lipinski definition) is 5. The fourth-order valence-corrected chi connectivity index (χ4v) is 3.24. The molecule has 132 valence electrons. The molecule has 0 fully saturated rings. The Hall–Kier alpha value is -2.64. The van der Waals surface area contributed by atoms with Crippen LogP contribution in [0.15, 0.2) is 64.4 Å². The predicted octanol–water partition coefficient (Wildman–Crippen LogP) is 5.84. The van der Waals surface area contributed by atoms with Gasteiger partial charge in [-0.1, -0.05) is 18.2 Å². The third kappa shape index (κ3) is 3.95. The minimum atomic E-state index is -0.0869. The highest BCUT2D eigenvalue weighted by atomic mass is 79.9. The standard InChI is InChI=1S/C19H15N3O2S.BrH/c1-12(23)20-14-6-8-15(9-7-14)21-19-22-16(11-25-19)18-10-13-4-2-3-5-17(13)24-18;/h2-11H,1H3,(H,20,23)(H,21,22);1H. The van der Waals surface area contributed by atoms with Crippen LogP contribution < -0.4 is 10.6 Å². The molecular weight excluding hydrogens is 414 g/mol. The van der Waals surface area contributed by atoms with E-state index in [-0.39, 0.29) is 22.9 Å². The Bertz CT molecular complexity index is 1010. The largest absolute Gasteiger partial charge is 0.454 e. The lowest BCUT2D eigenvalue weighted by Crippen LogP contribution is -2.05. The van der Waals surface area contributed by atoms with Crippen molar-refractivity contribution in [3.05, 3.63) is 60.0 Å². The van der Waals surface area contributed by atoms with E-state index in [4.69, 9.17) is 4.42 Å². The SMILES string of the molecule is Br.CC(=O)Nc1ccc(Nc2nc(-c3cc4ccccc4o3)cs2)cc1. The van der Waals surface area contributed by atoms with Gasteiger partial charge in [0.05, 0.1) is 0 Å². The molecule has 0 aliphatic carbocycles. The molecule has 7 heteroatoms. The minimum Gasteiger partial charge on any atom is -0.454 e. The molecule has 0 aliphatic heterocycles. The van der Waals surface area contributed by atoms with Crippen LogP contribution in [0.2, 0.25) is 0 Å². The Balaban J connectivity index is 0.00000196. The van der Waals surface area contributed by atoms with Gasteiger partial charge in [0.1, 0.15) is 11.3 Å². The molecule has 0 saturated carbocycles. The zero-order chi connectivity index (χ0) is 17.2. The molecule has 2 heterocycles. The summed E-state index contributed by atoms with van der Waals surface area (Å²) >= 11 is 1.51. The lowest BCUT2D eigenvalue weighted by atomic mass is 10.2. The second-order valence-electron chi connectivity index (χ2n) is 5.57. The topological polar surface area (TPSA) is 67.2 Å². The van der Waals surface area contributed by atoms with E-state index >= 15 is 0 Å². The summed E-state index contributed by atoms with van der Waals surface area (Å²) in [4.78, 5) is 15.6. The van der Waals surface area contributed by atoms with Crippen molar-refractivity contribution < 1.29 is 9.21 Å². The quantitative estimate of drug-likeness (QED) is 0.427. The summed E-state index contributed by atoms with van der Waals surface area (Å²) in [6.07, 6.45) is 0. The number of furan rings is 1. The first kappa shape index (κ1) is 18.2. The molecule has 2 aromatic carbocycles. The molecule has 26 heavy (non-hydrogen) atoms. The molecule has 0 spiro atoms. The first-order chi connectivity index (χ1) is 12.2. The lowest BCUT2D eigenvalue weighted by molar-refractivity contribution is -0.114. The van der Waals surface area contributed by atoms with E-state index in [9.17, 15) is 4.79 Å². The zero-order valence-corrected chi connectivity index (χ0v) is 16.4. The molecule has 2 aromatic heterocycles. The number of anilines is 3. The highest BCUT2D eigenvalue weighted by Crippen LogP contribution is 2.31. The number of carbonyl (C=O) groups is 1. The highest BCUT2D eigenvalue weighted by molar-refractivity contribution is 8.93. The van der Waals surface area contributed by atoms with E-state index in [1.807, 2.05) is 60.0 Å². The molecule has 0 unspecified atom stereocenters. The van der Waals surface area contributed by atoms with E-state index < -0.39 is 0 Å². The molecule has 2 N–H and O–H groups in total. The van der Waals surface area contributed by atoms with Crippen LogP contribution in [0.1, 0.15) is 6.92 Å². The molecule has 0 radical (unpaired) electrons. The summed E-state index contributed by atoms with van der Waals surface area (Å²) in [7, 11) is 0. The number of halogens is 1. The minimum absolute atomic E-state index is 0. The average Bonchev–Trinajstić information content (AvgIpc) is 3.22. The third-order valence-electron chi connectivity index (χ3n) is 3.64. The third-order valence-corrected chi connectivity index (χ3v) is 4.40. The van der Waals surface area contributed by atoms with Crippen LogP contribution in [0.25, 0.3) is 22.4 Å². The molecule has 0 saturated heterocycles. The Labute approximate surface area is 164 Å². The van der Waals surface area contributed by atoms with Gasteiger partial charge in [0.15, 0.2) is 10.9 Å². The number of fused-ring (bicyclic) bond motifs is 1. The number of benzene rings is 2. The molecule has 0 aliphatic rings.